The van der Waals surface area contributed by atoms with E-state index in [1.165, 1.54) is 12.8 Å². The van der Waals surface area contributed by atoms with E-state index >= 15 is 0 Å². The second kappa shape index (κ2) is 6.70. The SMILES string of the molecule is COc1ccc(C2(c3ccc(OC)cc3)OC3CCCCC3O2)cc1. The van der Waals surface area contributed by atoms with Crippen molar-refractivity contribution in [1.82, 2.24) is 0 Å². The maximum absolute atomic E-state index is 6.57. The highest BCUT2D eigenvalue weighted by atomic mass is 16.8. The van der Waals surface area contributed by atoms with Gasteiger partial charge in [0.25, 0.3) is 0 Å². The summed E-state index contributed by atoms with van der Waals surface area (Å²) in [6.07, 6.45) is 4.81. The fraction of sp³-hybridized carbons (Fsp3) is 0.429. The Bertz CT molecular complexity index is 644. The molecule has 1 aliphatic carbocycles. The van der Waals surface area contributed by atoms with E-state index in [-0.39, 0.29) is 12.2 Å². The van der Waals surface area contributed by atoms with Crippen LogP contribution in [-0.4, -0.2) is 26.4 Å². The summed E-state index contributed by atoms with van der Waals surface area (Å²) >= 11 is 0. The second-order valence-corrected chi connectivity index (χ2v) is 6.67. The molecule has 0 aromatic heterocycles. The van der Waals surface area contributed by atoms with Crippen LogP contribution in [0.5, 0.6) is 11.5 Å². The average molecular weight is 340 g/mol. The molecule has 2 aromatic rings. The van der Waals surface area contributed by atoms with E-state index < -0.39 is 5.79 Å². The monoisotopic (exact) mass is 340 g/mol. The molecular weight excluding hydrogens is 316 g/mol. The topological polar surface area (TPSA) is 36.9 Å². The van der Waals surface area contributed by atoms with Crippen molar-refractivity contribution in [2.45, 2.75) is 43.7 Å². The van der Waals surface area contributed by atoms with E-state index in [1.54, 1.807) is 14.2 Å². The van der Waals surface area contributed by atoms with Gasteiger partial charge in [-0.15, -0.1) is 0 Å². The molecule has 0 amide bonds. The van der Waals surface area contributed by atoms with Crippen LogP contribution in [0.25, 0.3) is 0 Å². The number of fused-ring (bicyclic) bond motifs is 1. The third-order valence-electron chi connectivity index (χ3n) is 5.22. The second-order valence-electron chi connectivity index (χ2n) is 6.67. The predicted octanol–water partition coefficient (Wildman–Crippen LogP) is 4.26. The highest BCUT2D eigenvalue weighted by Gasteiger charge is 2.50. The minimum absolute atomic E-state index is 0.151. The molecule has 2 atom stereocenters. The van der Waals surface area contributed by atoms with Crippen molar-refractivity contribution in [2.75, 3.05) is 14.2 Å². The van der Waals surface area contributed by atoms with Crippen LogP contribution in [0.2, 0.25) is 0 Å². The molecule has 0 bridgehead atoms. The van der Waals surface area contributed by atoms with E-state index in [9.17, 15) is 0 Å². The lowest BCUT2D eigenvalue weighted by Gasteiger charge is -2.29. The maximum atomic E-state index is 6.57. The summed E-state index contributed by atoms with van der Waals surface area (Å²) in [5.41, 5.74) is 1.99. The first-order valence-electron chi connectivity index (χ1n) is 8.90. The molecule has 25 heavy (non-hydrogen) atoms. The zero-order chi connectivity index (χ0) is 17.3. The molecule has 2 aromatic carbocycles. The Morgan fingerprint density at radius 2 is 1.12 bits per heavy atom. The molecule has 2 fully saturated rings. The molecule has 0 N–H and O–H groups in total. The Kier molecular flexibility index (Phi) is 4.40. The van der Waals surface area contributed by atoms with Gasteiger partial charge in [0.05, 0.1) is 26.4 Å². The number of benzene rings is 2. The van der Waals surface area contributed by atoms with Crippen LogP contribution in [0, 0.1) is 0 Å². The lowest BCUT2D eigenvalue weighted by molar-refractivity contribution is -0.150. The minimum atomic E-state index is -0.863. The van der Waals surface area contributed by atoms with Crippen molar-refractivity contribution < 1.29 is 18.9 Å². The van der Waals surface area contributed by atoms with Crippen LogP contribution < -0.4 is 9.47 Å². The van der Waals surface area contributed by atoms with Crippen LogP contribution >= 0.6 is 0 Å². The Morgan fingerprint density at radius 3 is 1.48 bits per heavy atom. The molecule has 0 radical (unpaired) electrons. The van der Waals surface area contributed by atoms with Crippen LogP contribution in [0.15, 0.2) is 48.5 Å². The lowest BCUT2D eigenvalue weighted by atomic mass is 9.95. The molecule has 1 saturated carbocycles. The summed E-state index contributed by atoms with van der Waals surface area (Å²) in [4.78, 5) is 0. The Morgan fingerprint density at radius 1 is 0.720 bits per heavy atom. The fourth-order valence-electron chi connectivity index (χ4n) is 3.85. The quantitative estimate of drug-likeness (QED) is 0.833. The molecule has 1 heterocycles. The van der Waals surface area contributed by atoms with Crippen molar-refractivity contribution in [3.05, 3.63) is 59.7 Å². The van der Waals surface area contributed by atoms with Gasteiger partial charge in [-0.05, 0) is 61.4 Å². The number of hydrogen-bond acceptors (Lipinski definition) is 4. The average Bonchev–Trinajstić information content (AvgIpc) is 3.09. The van der Waals surface area contributed by atoms with E-state index in [4.69, 9.17) is 18.9 Å². The van der Waals surface area contributed by atoms with Gasteiger partial charge in [0, 0.05) is 11.1 Å². The Balaban J connectivity index is 1.76. The van der Waals surface area contributed by atoms with Gasteiger partial charge in [0.15, 0.2) is 0 Å². The van der Waals surface area contributed by atoms with Gasteiger partial charge in [-0.1, -0.05) is 12.8 Å². The number of rotatable bonds is 4. The summed E-state index contributed by atoms with van der Waals surface area (Å²) in [7, 11) is 3.34. The van der Waals surface area contributed by atoms with Crippen molar-refractivity contribution in [3.63, 3.8) is 0 Å². The molecular formula is C21H24O4. The first-order chi connectivity index (χ1) is 12.2. The van der Waals surface area contributed by atoms with Crippen LogP contribution in [0.4, 0.5) is 0 Å². The predicted molar refractivity (Wildman–Crippen MR) is 95.0 cm³/mol. The minimum Gasteiger partial charge on any atom is -0.497 e. The highest BCUT2D eigenvalue weighted by Crippen LogP contribution is 2.47. The summed E-state index contributed by atoms with van der Waals surface area (Å²) < 4.78 is 23.7. The molecule has 4 rings (SSSR count). The molecule has 1 aliphatic heterocycles. The van der Waals surface area contributed by atoms with E-state index in [0.717, 1.165) is 35.5 Å². The van der Waals surface area contributed by atoms with E-state index in [1.807, 2.05) is 48.5 Å². The van der Waals surface area contributed by atoms with Crippen molar-refractivity contribution >= 4 is 0 Å². The third kappa shape index (κ3) is 2.90. The number of ether oxygens (including phenoxy) is 4. The van der Waals surface area contributed by atoms with E-state index in [0.29, 0.717) is 0 Å². The standard InChI is InChI=1S/C21H24O4/c1-22-17-11-7-15(8-12-17)21(16-9-13-18(23-2)14-10-16)24-19-5-3-4-6-20(19)25-21/h7-14,19-20H,3-6H2,1-2H3. The first kappa shape index (κ1) is 16.4. The van der Waals surface area contributed by atoms with Crippen LogP contribution in [-0.2, 0) is 15.3 Å². The van der Waals surface area contributed by atoms with Gasteiger partial charge < -0.3 is 18.9 Å². The Hall–Kier alpha value is -2.04. The molecule has 4 heteroatoms. The molecule has 4 nitrogen and oxygen atoms in total. The molecule has 2 aliphatic rings. The Labute approximate surface area is 148 Å². The van der Waals surface area contributed by atoms with Gasteiger partial charge in [-0.25, -0.2) is 0 Å². The van der Waals surface area contributed by atoms with Crippen LogP contribution in [0.3, 0.4) is 0 Å². The summed E-state index contributed by atoms with van der Waals surface area (Å²) in [6, 6.07) is 15.9. The smallest absolute Gasteiger partial charge is 0.223 e. The van der Waals surface area contributed by atoms with Gasteiger partial charge in [-0.3, -0.25) is 0 Å². The van der Waals surface area contributed by atoms with E-state index in [2.05, 4.69) is 0 Å². The van der Waals surface area contributed by atoms with Crippen molar-refractivity contribution in [2.24, 2.45) is 0 Å². The molecule has 0 spiro atoms. The number of methoxy groups -OCH3 is 2. The van der Waals surface area contributed by atoms with Crippen molar-refractivity contribution in [3.8, 4) is 11.5 Å². The van der Waals surface area contributed by atoms with Gasteiger partial charge >= 0.3 is 0 Å². The van der Waals surface area contributed by atoms with Gasteiger partial charge in [-0.2, -0.15) is 0 Å². The third-order valence-corrected chi connectivity index (χ3v) is 5.22. The highest BCUT2D eigenvalue weighted by molar-refractivity contribution is 5.40. The fourth-order valence-corrected chi connectivity index (χ4v) is 3.85. The molecule has 1 saturated heterocycles. The first-order valence-corrected chi connectivity index (χ1v) is 8.90. The summed E-state index contributed by atoms with van der Waals surface area (Å²) in [6.45, 7) is 0. The van der Waals surface area contributed by atoms with Gasteiger partial charge in [0.2, 0.25) is 5.79 Å². The molecule has 2 unspecified atom stereocenters. The van der Waals surface area contributed by atoms with Crippen molar-refractivity contribution in [1.29, 1.82) is 0 Å². The van der Waals surface area contributed by atoms with Crippen LogP contribution in [0.1, 0.15) is 36.8 Å². The summed E-state index contributed by atoms with van der Waals surface area (Å²) in [5.74, 6) is 0.783. The largest absolute Gasteiger partial charge is 0.497 e. The zero-order valence-corrected chi connectivity index (χ0v) is 14.7. The van der Waals surface area contributed by atoms with Gasteiger partial charge in [0.1, 0.15) is 11.5 Å². The number of hydrogen-bond donors (Lipinski definition) is 0. The zero-order valence-electron chi connectivity index (χ0n) is 14.7. The summed E-state index contributed by atoms with van der Waals surface area (Å²) in [5, 5.41) is 0. The normalized spacial score (nSPS) is 24.6. The maximum Gasteiger partial charge on any atom is 0.223 e. The molecule has 132 valence electrons. The lowest BCUT2D eigenvalue weighted by Crippen LogP contribution is -2.29.